The average molecular weight is 179 g/mol. The van der Waals surface area contributed by atoms with Gasteiger partial charge in [-0.05, 0) is 12.1 Å². The van der Waals surface area contributed by atoms with Crippen LogP contribution in [0.1, 0.15) is 0 Å². The van der Waals surface area contributed by atoms with Crippen LogP contribution in [-0.2, 0) is 0 Å². The maximum Gasteiger partial charge on any atom is 0.165 e. The summed E-state index contributed by atoms with van der Waals surface area (Å²) >= 11 is 5.15. The van der Waals surface area contributed by atoms with Gasteiger partial charge in [0.05, 0.1) is 0 Å². The molecule has 0 atom stereocenters. The van der Waals surface area contributed by atoms with Crippen molar-refractivity contribution in [3.8, 4) is 5.75 Å². The van der Waals surface area contributed by atoms with Crippen molar-refractivity contribution >= 4 is 11.6 Å². The van der Waals surface area contributed by atoms with Crippen LogP contribution in [0.2, 0.25) is 0 Å². The van der Waals surface area contributed by atoms with E-state index in [0.717, 1.165) is 18.2 Å². The van der Waals surface area contributed by atoms with Crippen molar-refractivity contribution in [3.63, 3.8) is 0 Å². The molecule has 0 fully saturated rings. The summed E-state index contributed by atoms with van der Waals surface area (Å²) in [6, 6.07) is 2.74. The molecule has 0 aromatic heterocycles. The summed E-state index contributed by atoms with van der Waals surface area (Å²) in [5.41, 5.74) is 0. The van der Waals surface area contributed by atoms with Gasteiger partial charge in [0.2, 0.25) is 0 Å². The van der Waals surface area contributed by atoms with Gasteiger partial charge in [-0.3, -0.25) is 0 Å². The third kappa shape index (κ3) is 2.05. The smallest absolute Gasteiger partial charge is 0.165 e. The van der Waals surface area contributed by atoms with Crippen LogP contribution < -0.4 is 4.74 Å². The van der Waals surface area contributed by atoms with Gasteiger partial charge < -0.3 is 4.74 Å². The van der Waals surface area contributed by atoms with Crippen LogP contribution in [0, 0.1) is 11.6 Å². The van der Waals surface area contributed by atoms with Gasteiger partial charge in [0.1, 0.15) is 5.82 Å². The molecule has 0 bridgehead atoms. The maximum atomic E-state index is 12.6. The molecule has 1 rings (SSSR count). The first-order chi connectivity index (χ1) is 5.24. The van der Waals surface area contributed by atoms with E-state index in [9.17, 15) is 8.78 Å². The Bertz CT molecular complexity index is 252. The minimum Gasteiger partial charge on any atom is -0.475 e. The van der Waals surface area contributed by atoms with Gasteiger partial charge >= 0.3 is 0 Å². The highest BCUT2D eigenvalue weighted by atomic mass is 35.5. The van der Waals surface area contributed by atoms with Gasteiger partial charge in [0.25, 0.3) is 0 Å². The molecule has 0 saturated heterocycles. The van der Waals surface area contributed by atoms with Crippen LogP contribution in [0.25, 0.3) is 0 Å². The van der Waals surface area contributed by atoms with E-state index >= 15 is 0 Å². The summed E-state index contributed by atoms with van der Waals surface area (Å²) in [6.45, 7) is 0. The molecule has 0 radical (unpaired) electrons. The predicted molar refractivity (Wildman–Crippen MR) is 37.7 cm³/mol. The lowest BCUT2D eigenvalue weighted by Crippen LogP contribution is -1.92. The highest BCUT2D eigenvalue weighted by molar-refractivity contribution is 6.17. The van der Waals surface area contributed by atoms with Gasteiger partial charge in [-0.25, -0.2) is 8.78 Å². The van der Waals surface area contributed by atoms with Crippen LogP contribution in [0.5, 0.6) is 5.75 Å². The summed E-state index contributed by atoms with van der Waals surface area (Å²) in [5.74, 6) is -1.33. The SMILES string of the molecule is Fc1ccc(F)c(OCCl)c1. The van der Waals surface area contributed by atoms with E-state index in [1.165, 1.54) is 0 Å². The fourth-order valence-corrected chi connectivity index (χ4v) is 0.764. The van der Waals surface area contributed by atoms with E-state index in [2.05, 4.69) is 4.74 Å². The first kappa shape index (κ1) is 8.27. The van der Waals surface area contributed by atoms with E-state index in [0.29, 0.717) is 0 Å². The van der Waals surface area contributed by atoms with E-state index in [1.807, 2.05) is 0 Å². The van der Waals surface area contributed by atoms with Crippen molar-refractivity contribution in [3.05, 3.63) is 29.8 Å². The first-order valence-electron chi connectivity index (χ1n) is 2.88. The molecule has 4 heteroatoms. The predicted octanol–water partition coefficient (Wildman–Crippen LogP) is 2.54. The molecule has 0 amide bonds. The summed E-state index contributed by atoms with van der Waals surface area (Å²) in [4.78, 5) is 0. The van der Waals surface area contributed by atoms with Crippen LogP contribution in [-0.4, -0.2) is 6.07 Å². The highest BCUT2D eigenvalue weighted by Gasteiger charge is 2.02. The van der Waals surface area contributed by atoms with Crippen molar-refractivity contribution in [2.24, 2.45) is 0 Å². The van der Waals surface area contributed by atoms with Crippen molar-refractivity contribution in [2.45, 2.75) is 0 Å². The standard InChI is InChI=1S/C7H5ClF2O/c8-4-11-7-3-5(9)1-2-6(7)10/h1-3H,4H2. The highest BCUT2D eigenvalue weighted by Crippen LogP contribution is 2.17. The van der Waals surface area contributed by atoms with Crippen LogP contribution >= 0.6 is 11.6 Å². The second-order valence-electron chi connectivity index (χ2n) is 1.83. The zero-order valence-corrected chi connectivity index (χ0v) is 6.24. The third-order valence-corrected chi connectivity index (χ3v) is 1.21. The first-order valence-corrected chi connectivity index (χ1v) is 3.41. The zero-order chi connectivity index (χ0) is 8.27. The second kappa shape index (κ2) is 3.53. The maximum absolute atomic E-state index is 12.6. The molecular formula is C7H5ClF2O. The lowest BCUT2D eigenvalue weighted by Gasteiger charge is -2.01. The van der Waals surface area contributed by atoms with Crippen molar-refractivity contribution in [1.29, 1.82) is 0 Å². The molecule has 0 aliphatic carbocycles. The lowest BCUT2D eigenvalue weighted by molar-refractivity contribution is 0.360. The number of ether oxygens (including phenoxy) is 1. The van der Waals surface area contributed by atoms with Gasteiger partial charge in [0.15, 0.2) is 17.6 Å². The van der Waals surface area contributed by atoms with E-state index in [4.69, 9.17) is 11.6 Å². The van der Waals surface area contributed by atoms with Gasteiger partial charge in [0, 0.05) is 6.07 Å². The zero-order valence-electron chi connectivity index (χ0n) is 5.48. The molecule has 1 aromatic rings. The quantitative estimate of drug-likeness (QED) is 0.633. The van der Waals surface area contributed by atoms with E-state index in [1.54, 1.807) is 0 Å². The Morgan fingerprint density at radius 1 is 1.36 bits per heavy atom. The minimum atomic E-state index is -0.618. The Kier molecular flexibility index (Phi) is 2.65. The molecule has 0 aliphatic heterocycles. The van der Waals surface area contributed by atoms with Crippen molar-refractivity contribution in [2.75, 3.05) is 6.07 Å². The number of hydrogen-bond donors (Lipinski definition) is 0. The molecule has 0 N–H and O–H groups in total. The molecule has 0 spiro atoms. The molecule has 0 heterocycles. The fourth-order valence-electron chi connectivity index (χ4n) is 0.647. The second-order valence-corrected chi connectivity index (χ2v) is 2.05. The van der Waals surface area contributed by atoms with E-state index in [-0.39, 0.29) is 11.8 Å². The molecule has 60 valence electrons. The molecule has 1 nitrogen and oxygen atoms in total. The fraction of sp³-hybridized carbons (Fsp3) is 0.143. The average Bonchev–Trinajstić information content (AvgIpc) is 1.98. The summed E-state index contributed by atoms with van der Waals surface area (Å²) in [6.07, 6.45) is 0. The number of halogens is 3. The Labute approximate surface area is 67.5 Å². The van der Waals surface area contributed by atoms with Gasteiger partial charge in [-0.2, -0.15) is 0 Å². The topological polar surface area (TPSA) is 9.23 Å². The molecule has 11 heavy (non-hydrogen) atoms. The normalized spacial score (nSPS) is 9.73. The van der Waals surface area contributed by atoms with E-state index < -0.39 is 11.6 Å². The molecule has 1 aromatic carbocycles. The number of hydrogen-bond acceptors (Lipinski definition) is 1. The Morgan fingerprint density at radius 2 is 2.09 bits per heavy atom. The minimum absolute atomic E-state index is 0.167. The molecule has 0 unspecified atom stereocenters. The van der Waals surface area contributed by atoms with Gasteiger partial charge in [-0.1, -0.05) is 11.6 Å². The van der Waals surface area contributed by atoms with Crippen LogP contribution in [0.15, 0.2) is 18.2 Å². The Hall–Kier alpha value is -0.830. The molecule has 0 saturated carbocycles. The van der Waals surface area contributed by atoms with Crippen molar-refractivity contribution in [1.82, 2.24) is 0 Å². The van der Waals surface area contributed by atoms with Crippen LogP contribution in [0.3, 0.4) is 0 Å². The van der Waals surface area contributed by atoms with Gasteiger partial charge in [-0.15, -0.1) is 0 Å². The molecule has 0 aliphatic rings. The largest absolute Gasteiger partial charge is 0.475 e. The number of benzene rings is 1. The summed E-state index contributed by atoms with van der Waals surface area (Å²) < 4.78 is 29.6. The third-order valence-electron chi connectivity index (χ3n) is 1.10. The monoisotopic (exact) mass is 178 g/mol. The lowest BCUT2D eigenvalue weighted by atomic mass is 10.3. The summed E-state index contributed by atoms with van der Waals surface area (Å²) in [7, 11) is 0. The Balaban J connectivity index is 2.93. The Morgan fingerprint density at radius 3 is 2.73 bits per heavy atom. The number of rotatable bonds is 2. The summed E-state index contributed by atoms with van der Waals surface area (Å²) in [5, 5.41) is 0. The molecular weight excluding hydrogens is 174 g/mol. The van der Waals surface area contributed by atoms with Crippen molar-refractivity contribution < 1.29 is 13.5 Å². The van der Waals surface area contributed by atoms with Crippen LogP contribution in [0.4, 0.5) is 8.78 Å². The number of alkyl halides is 1.